The van der Waals surface area contributed by atoms with Crippen molar-refractivity contribution >= 4 is 64.2 Å². The summed E-state index contributed by atoms with van der Waals surface area (Å²) in [5.41, 5.74) is 5.98. The fourth-order valence-electron chi connectivity index (χ4n) is 6.87. The lowest BCUT2D eigenvalue weighted by Crippen LogP contribution is -2.53. The summed E-state index contributed by atoms with van der Waals surface area (Å²) in [7, 11) is -5.79. The molecule has 2 fully saturated rings. The number of carboxylic acids is 3. The topological polar surface area (TPSA) is 193 Å². The molecule has 50 heavy (non-hydrogen) atoms. The summed E-state index contributed by atoms with van der Waals surface area (Å²) in [6.07, 6.45) is 5.79. The largest absolute Gasteiger partial charge is 0.481 e. The van der Waals surface area contributed by atoms with E-state index in [1.165, 1.54) is 25.2 Å². The van der Waals surface area contributed by atoms with Crippen LogP contribution in [0.2, 0.25) is 6.55 Å². The van der Waals surface area contributed by atoms with Gasteiger partial charge in [-0.1, -0.05) is 18.3 Å². The highest BCUT2D eigenvalue weighted by Crippen LogP contribution is 2.44. The summed E-state index contributed by atoms with van der Waals surface area (Å²) in [5.74, 6) is -5.20. The molecular weight excluding hydrogens is 683 g/mol. The molecule has 2 aromatic carbocycles. The molecule has 13 nitrogen and oxygen atoms in total. The van der Waals surface area contributed by atoms with Crippen molar-refractivity contribution in [2.75, 3.05) is 50.4 Å². The number of carbonyl (C=O) groups excluding carboxylic acids is 1. The predicted molar refractivity (Wildman–Crippen MR) is 187 cm³/mol. The van der Waals surface area contributed by atoms with Crippen molar-refractivity contribution in [3.63, 3.8) is 0 Å². The smallest absolute Gasteiger partial charge is 0.335 e. The number of carboxylic acid groups (broad SMARTS) is 3. The molecule has 1 atom stereocenters. The molecule has 0 aromatic heterocycles. The number of benzene rings is 2. The molecule has 2 saturated heterocycles. The van der Waals surface area contributed by atoms with Gasteiger partial charge in [0, 0.05) is 50.1 Å². The van der Waals surface area contributed by atoms with E-state index in [0.717, 1.165) is 37.8 Å². The maximum atomic E-state index is 13.9. The van der Waals surface area contributed by atoms with Crippen molar-refractivity contribution in [1.29, 1.82) is 0 Å². The second-order valence-electron chi connectivity index (χ2n) is 13.2. The number of aliphatic carboxylic acids is 2. The number of allylic oxidation sites excluding steroid dienone is 5. The highest BCUT2D eigenvalue weighted by molar-refractivity contribution is 7.85. The number of nitrogens with zero attached hydrogens (tertiary/aromatic N) is 3. The Labute approximate surface area is 289 Å². The minimum Gasteiger partial charge on any atom is -0.481 e. The van der Waals surface area contributed by atoms with Gasteiger partial charge in [-0.05, 0) is 69.1 Å². The highest BCUT2D eigenvalue weighted by atomic mass is 32.2. The number of rotatable bonds is 10. The van der Waals surface area contributed by atoms with Crippen LogP contribution in [0.3, 0.4) is 0 Å². The molecule has 2 aromatic rings. The monoisotopic (exact) mass is 718 g/mol. The van der Waals surface area contributed by atoms with E-state index in [4.69, 9.17) is 0 Å². The summed E-state index contributed by atoms with van der Waals surface area (Å²) < 4.78 is 34.2. The lowest BCUT2D eigenvalue weighted by molar-refractivity contribution is -0.597. The van der Waals surface area contributed by atoms with Gasteiger partial charge in [0.05, 0.1) is 17.2 Å². The van der Waals surface area contributed by atoms with Crippen molar-refractivity contribution in [3.8, 4) is 0 Å². The first kappa shape index (κ1) is 34.7. The number of carbonyl (C=O) groups is 4. The van der Waals surface area contributed by atoms with Gasteiger partial charge in [0.15, 0.2) is 24.7 Å². The molecule has 1 amide bonds. The lowest BCUT2D eigenvalue weighted by atomic mass is 9.85. The van der Waals surface area contributed by atoms with E-state index in [2.05, 4.69) is 13.1 Å². The Morgan fingerprint density at radius 3 is 2.28 bits per heavy atom. The number of hydrogen-bond donors (Lipinski definition) is 4. The molecule has 1 unspecified atom stereocenters. The van der Waals surface area contributed by atoms with Crippen LogP contribution in [0.5, 0.6) is 0 Å². The van der Waals surface area contributed by atoms with E-state index < -0.39 is 59.6 Å². The molecule has 15 heteroatoms. The third kappa shape index (κ3) is 6.12. The van der Waals surface area contributed by atoms with Gasteiger partial charge >= 0.3 is 17.9 Å². The standard InChI is InChI=1S/C35H35N3O10SSi/c1-4-50(3)29-14-23(37-16-21(17-37)34(42)43)6-9-26(29)31(27-10-7-24(15-30(27)50)38-18-22(19-38)35(44)45)28-13-20(33(40)41)5-8-25(28)32(39)36(2)11-12-49(46,47)48/h4-10,13-15,21-22H,1,11-12,16-19H2,2-3H3,(H3-,40,41,42,43,44,45,46,47,48)/p+1. The van der Waals surface area contributed by atoms with E-state index in [0.29, 0.717) is 37.3 Å². The second-order valence-corrected chi connectivity index (χ2v) is 18.7. The third-order valence-electron chi connectivity index (χ3n) is 10.1. The quantitative estimate of drug-likeness (QED) is 0.159. The van der Waals surface area contributed by atoms with Gasteiger partial charge in [0.25, 0.3) is 16.0 Å². The van der Waals surface area contributed by atoms with Crippen LogP contribution in [-0.2, 0) is 19.7 Å². The summed E-state index contributed by atoms with van der Waals surface area (Å²) >= 11 is 0. The van der Waals surface area contributed by atoms with Crippen LogP contribution < -0.4 is 10.1 Å². The normalized spacial score (nSPS) is 21.4. The molecule has 0 radical (unpaired) electrons. The van der Waals surface area contributed by atoms with Gasteiger partial charge in [0.2, 0.25) is 0 Å². The maximum absolute atomic E-state index is 13.9. The van der Waals surface area contributed by atoms with Crippen LogP contribution in [0.15, 0.2) is 77.7 Å². The number of amides is 1. The zero-order valence-corrected chi connectivity index (χ0v) is 29.2. The van der Waals surface area contributed by atoms with Crippen LogP contribution in [0.4, 0.5) is 5.69 Å². The van der Waals surface area contributed by atoms with Crippen molar-refractivity contribution < 1.29 is 52.0 Å². The van der Waals surface area contributed by atoms with Crippen LogP contribution in [0.1, 0.15) is 31.8 Å². The van der Waals surface area contributed by atoms with Crippen LogP contribution in [0.25, 0.3) is 5.57 Å². The van der Waals surface area contributed by atoms with Crippen molar-refractivity contribution in [2.24, 2.45) is 11.8 Å². The first-order chi connectivity index (χ1) is 23.5. The predicted octanol–water partition coefficient (Wildman–Crippen LogP) is 1.90. The first-order valence-corrected chi connectivity index (χ1v) is 20.0. The minimum absolute atomic E-state index is 0.0733. The summed E-state index contributed by atoms with van der Waals surface area (Å²) in [4.78, 5) is 52.5. The van der Waals surface area contributed by atoms with Crippen LogP contribution in [-0.4, -0.2) is 121 Å². The number of anilines is 1. The Morgan fingerprint density at radius 1 is 1.00 bits per heavy atom. The Kier molecular flexibility index (Phi) is 8.78. The van der Waals surface area contributed by atoms with E-state index in [-0.39, 0.29) is 17.7 Å². The van der Waals surface area contributed by atoms with E-state index in [9.17, 15) is 47.5 Å². The fourth-order valence-corrected chi connectivity index (χ4v) is 10.5. The molecule has 6 rings (SSSR count). The van der Waals surface area contributed by atoms with E-state index in [1.807, 2.05) is 51.6 Å². The molecule has 3 aliphatic heterocycles. The Balaban J connectivity index is 1.58. The van der Waals surface area contributed by atoms with Gasteiger partial charge < -0.3 is 25.1 Å². The molecule has 0 bridgehead atoms. The number of aromatic carboxylic acids is 1. The van der Waals surface area contributed by atoms with Crippen molar-refractivity contribution in [2.45, 2.75) is 6.55 Å². The Bertz CT molecular complexity index is 2120. The molecule has 1 aliphatic carbocycles. The molecular formula is C35H36N3O10SSi+. The number of fused-ring (bicyclic) bond motifs is 2. The SMILES string of the molecule is C=C[Si]1(C)C2=CC(=[N+]3CC(C(=O)O)C3)C=CC2=C(c2cc(C(=O)O)ccc2C(=O)N(C)CCS(=O)(=O)O)c2ccc(N3CC(C(=O)O)C3)cc21. The summed E-state index contributed by atoms with van der Waals surface area (Å²) in [5, 5.41) is 30.8. The molecule has 0 spiro atoms. The van der Waals surface area contributed by atoms with Crippen LogP contribution >= 0.6 is 0 Å². The number of hydrogen-bond acceptors (Lipinski definition) is 7. The highest BCUT2D eigenvalue weighted by Gasteiger charge is 2.45. The third-order valence-corrected chi connectivity index (χ3v) is 14.6. The zero-order valence-electron chi connectivity index (χ0n) is 27.4. The molecule has 0 saturated carbocycles. The van der Waals surface area contributed by atoms with Gasteiger partial charge in [-0.25, -0.2) is 9.37 Å². The zero-order chi connectivity index (χ0) is 36.3. The molecule has 3 heterocycles. The minimum atomic E-state index is -4.37. The lowest BCUT2D eigenvalue weighted by Gasteiger charge is -2.42. The van der Waals surface area contributed by atoms with E-state index >= 15 is 0 Å². The average molecular weight is 719 g/mol. The molecule has 4 aliphatic rings. The summed E-state index contributed by atoms with van der Waals surface area (Å²) in [6.45, 7) is 7.42. The Hall–Kier alpha value is -5.12. The van der Waals surface area contributed by atoms with Gasteiger partial charge in [-0.15, -0.1) is 6.58 Å². The summed E-state index contributed by atoms with van der Waals surface area (Å²) in [6, 6.07) is 9.92. The average Bonchev–Trinajstić information content (AvgIpc) is 3.01. The van der Waals surface area contributed by atoms with Crippen LogP contribution in [0, 0.1) is 11.8 Å². The first-order valence-electron chi connectivity index (χ1n) is 15.9. The molecule has 4 N–H and O–H groups in total. The van der Waals surface area contributed by atoms with Gasteiger partial charge in [-0.3, -0.25) is 18.9 Å². The Morgan fingerprint density at radius 2 is 1.68 bits per heavy atom. The fraction of sp³-hybridized carbons (Fsp3) is 0.286. The van der Waals surface area contributed by atoms with Gasteiger partial charge in [-0.2, -0.15) is 8.42 Å². The van der Waals surface area contributed by atoms with Gasteiger partial charge in [0.1, 0.15) is 8.07 Å². The maximum Gasteiger partial charge on any atom is 0.335 e. The van der Waals surface area contributed by atoms with Crippen molar-refractivity contribution in [3.05, 3.63) is 99.9 Å². The van der Waals surface area contributed by atoms with Crippen molar-refractivity contribution in [1.82, 2.24) is 4.90 Å². The van der Waals surface area contributed by atoms with E-state index in [1.54, 1.807) is 0 Å². The second kappa shape index (κ2) is 12.6. The molecule has 260 valence electrons.